The van der Waals surface area contributed by atoms with E-state index in [1.165, 1.54) is 0 Å². The summed E-state index contributed by atoms with van der Waals surface area (Å²) in [5.74, 6) is -0.0547. The highest BCUT2D eigenvalue weighted by Crippen LogP contribution is 1.96. The lowest BCUT2D eigenvalue weighted by Crippen LogP contribution is -2.34. The quantitative estimate of drug-likeness (QED) is 0.470. The maximum atomic E-state index is 11.0. The molecule has 0 rings (SSSR count). The Morgan fingerprint density at radius 1 is 1.55 bits per heavy atom. The predicted molar refractivity (Wildman–Crippen MR) is 45.9 cm³/mol. The van der Waals surface area contributed by atoms with Crippen LogP contribution in [0.2, 0.25) is 0 Å². The summed E-state index contributed by atoms with van der Waals surface area (Å²) in [7, 11) is 1.67. The van der Waals surface area contributed by atoms with Gasteiger partial charge in [-0.05, 0) is 13.3 Å². The van der Waals surface area contributed by atoms with Crippen LogP contribution >= 0.6 is 0 Å². The summed E-state index contributed by atoms with van der Waals surface area (Å²) in [5.41, 5.74) is 5.85. The van der Waals surface area contributed by atoms with Crippen molar-refractivity contribution < 1.29 is 4.79 Å². The Bertz CT molecular complexity index is 152. The van der Waals surface area contributed by atoms with Crippen molar-refractivity contribution in [2.45, 2.75) is 26.7 Å². The molecule has 0 aliphatic heterocycles. The molecule has 0 aliphatic carbocycles. The first kappa shape index (κ1) is 10.2. The van der Waals surface area contributed by atoms with Crippen molar-refractivity contribution in [2.24, 2.45) is 0 Å². The molecule has 0 spiro atoms. The maximum Gasteiger partial charge on any atom is 0.260 e. The molecule has 0 saturated carbocycles. The second-order valence-corrected chi connectivity index (χ2v) is 2.38. The average molecular weight is 156 g/mol. The lowest BCUT2D eigenvalue weighted by molar-refractivity contribution is -0.118. The molecular formula is C8H16N2O. The van der Waals surface area contributed by atoms with E-state index in [0.29, 0.717) is 0 Å². The third kappa shape index (κ3) is 4.56. The van der Waals surface area contributed by atoms with Gasteiger partial charge in [0.05, 0.1) is 0 Å². The summed E-state index contributed by atoms with van der Waals surface area (Å²) in [5, 5.41) is 0. The third-order valence-electron chi connectivity index (χ3n) is 1.34. The molecule has 1 amide bonds. The lowest BCUT2D eigenvalue weighted by Gasteiger charge is -2.01. The second-order valence-electron chi connectivity index (χ2n) is 2.38. The molecule has 3 nitrogen and oxygen atoms in total. The zero-order chi connectivity index (χ0) is 8.69. The minimum atomic E-state index is -0.0547. The predicted octanol–water partition coefficient (Wildman–Crippen LogP) is 0.983. The summed E-state index contributed by atoms with van der Waals surface area (Å²) >= 11 is 0. The molecule has 11 heavy (non-hydrogen) atoms. The maximum absolute atomic E-state index is 11.0. The van der Waals surface area contributed by atoms with E-state index in [9.17, 15) is 4.79 Å². The summed E-state index contributed by atoms with van der Waals surface area (Å²) in [6.07, 6.45) is 3.97. The molecule has 0 atom stereocenters. The molecule has 2 N–H and O–H groups in total. The number of hydrogen-bond acceptors (Lipinski definition) is 2. The fourth-order valence-electron chi connectivity index (χ4n) is 0.666. The van der Waals surface area contributed by atoms with Crippen molar-refractivity contribution in [3.8, 4) is 0 Å². The van der Waals surface area contributed by atoms with E-state index in [2.05, 4.69) is 17.8 Å². The summed E-state index contributed by atoms with van der Waals surface area (Å²) in [6.45, 7) is 3.89. The molecule has 0 radical (unpaired) electrons. The Balaban J connectivity index is 3.80. The fourth-order valence-corrected chi connectivity index (χ4v) is 0.666. The van der Waals surface area contributed by atoms with E-state index in [1.54, 1.807) is 7.05 Å². The Hall–Kier alpha value is -0.830. The van der Waals surface area contributed by atoms with Gasteiger partial charge >= 0.3 is 0 Å². The van der Waals surface area contributed by atoms with Crippen LogP contribution in [0, 0.1) is 0 Å². The number of amides is 1. The minimum absolute atomic E-state index is 0.0547. The van der Waals surface area contributed by atoms with Crippen LogP contribution < -0.4 is 10.9 Å². The van der Waals surface area contributed by atoms with Gasteiger partial charge in [0, 0.05) is 12.6 Å². The van der Waals surface area contributed by atoms with Gasteiger partial charge in [0.1, 0.15) is 0 Å². The van der Waals surface area contributed by atoms with Crippen molar-refractivity contribution in [3.63, 3.8) is 0 Å². The summed E-state index contributed by atoms with van der Waals surface area (Å²) in [4.78, 5) is 11.0. The lowest BCUT2D eigenvalue weighted by atomic mass is 10.2. The fraction of sp³-hybridized carbons (Fsp3) is 0.625. The minimum Gasteiger partial charge on any atom is -0.288 e. The average Bonchev–Trinajstić information content (AvgIpc) is 2.00. The van der Waals surface area contributed by atoms with Gasteiger partial charge in [-0.2, -0.15) is 0 Å². The van der Waals surface area contributed by atoms with Gasteiger partial charge in [-0.25, -0.2) is 5.43 Å². The molecule has 0 bridgehead atoms. The number of unbranched alkanes of at least 4 members (excludes halogenated alkanes) is 1. The number of hydrogen-bond donors (Lipinski definition) is 2. The van der Waals surface area contributed by atoms with Gasteiger partial charge < -0.3 is 0 Å². The van der Waals surface area contributed by atoms with Crippen LogP contribution in [0.5, 0.6) is 0 Å². The van der Waals surface area contributed by atoms with Gasteiger partial charge in [0.2, 0.25) is 0 Å². The molecule has 0 aliphatic rings. The Morgan fingerprint density at radius 2 is 2.18 bits per heavy atom. The van der Waals surface area contributed by atoms with Gasteiger partial charge in [-0.1, -0.05) is 19.4 Å². The van der Waals surface area contributed by atoms with Crippen molar-refractivity contribution in [1.82, 2.24) is 10.9 Å². The standard InChI is InChI=1S/C8H16N2O/c1-4-5-6-7(2)8(11)10-9-3/h6,9H,4-5H2,1-3H3,(H,10,11). The first-order valence-electron chi connectivity index (χ1n) is 3.86. The normalized spacial score (nSPS) is 11.4. The number of carbonyl (C=O) groups is 1. The van der Waals surface area contributed by atoms with E-state index in [4.69, 9.17) is 0 Å². The third-order valence-corrected chi connectivity index (χ3v) is 1.34. The van der Waals surface area contributed by atoms with E-state index in [1.807, 2.05) is 13.0 Å². The highest BCUT2D eigenvalue weighted by atomic mass is 16.2. The molecule has 0 unspecified atom stereocenters. The smallest absolute Gasteiger partial charge is 0.260 e. The number of allylic oxidation sites excluding steroid dienone is 1. The zero-order valence-electron chi connectivity index (χ0n) is 7.40. The van der Waals surface area contributed by atoms with Gasteiger partial charge in [-0.3, -0.25) is 10.2 Å². The Labute approximate surface area is 67.8 Å². The van der Waals surface area contributed by atoms with Crippen LogP contribution in [0.4, 0.5) is 0 Å². The molecule has 0 fully saturated rings. The van der Waals surface area contributed by atoms with Gasteiger partial charge in [0.15, 0.2) is 0 Å². The zero-order valence-corrected chi connectivity index (χ0v) is 7.40. The highest BCUT2D eigenvalue weighted by Gasteiger charge is 1.99. The van der Waals surface area contributed by atoms with Crippen molar-refractivity contribution in [3.05, 3.63) is 11.6 Å². The molecule has 0 aromatic carbocycles. The van der Waals surface area contributed by atoms with Crippen LogP contribution in [0.15, 0.2) is 11.6 Å². The largest absolute Gasteiger partial charge is 0.288 e. The van der Waals surface area contributed by atoms with E-state index in [0.717, 1.165) is 18.4 Å². The van der Waals surface area contributed by atoms with Crippen LogP contribution in [-0.2, 0) is 4.79 Å². The Kier molecular flexibility index (Phi) is 5.47. The molecule has 64 valence electrons. The highest BCUT2D eigenvalue weighted by molar-refractivity contribution is 5.92. The number of nitrogens with one attached hydrogen (secondary N) is 2. The molecule has 3 heteroatoms. The molecule has 0 aromatic rings. The van der Waals surface area contributed by atoms with Crippen molar-refractivity contribution >= 4 is 5.91 Å². The molecule has 0 saturated heterocycles. The van der Waals surface area contributed by atoms with Crippen LogP contribution in [0.3, 0.4) is 0 Å². The summed E-state index contributed by atoms with van der Waals surface area (Å²) in [6, 6.07) is 0. The molecule has 0 aromatic heterocycles. The monoisotopic (exact) mass is 156 g/mol. The molecule has 0 heterocycles. The van der Waals surface area contributed by atoms with E-state index >= 15 is 0 Å². The van der Waals surface area contributed by atoms with Crippen LogP contribution in [-0.4, -0.2) is 13.0 Å². The van der Waals surface area contributed by atoms with Crippen LogP contribution in [0.1, 0.15) is 26.7 Å². The Morgan fingerprint density at radius 3 is 2.64 bits per heavy atom. The topological polar surface area (TPSA) is 41.1 Å². The van der Waals surface area contributed by atoms with Crippen molar-refractivity contribution in [2.75, 3.05) is 7.05 Å². The number of rotatable bonds is 4. The van der Waals surface area contributed by atoms with Gasteiger partial charge in [0.25, 0.3) is 5.91 Å². The van der Waals surface area contributed by atoms with E-state index < -0.39 is 0 Å². The van der Waals surface area contributed by atoms with Gasteiger partial charge in [-0.15, -0.1) is 0 Å². The van der Waals surface area contributed by atoms with Crippen molar-refractivity contribution in [1.29, 1.82) is 0 Å². The SMILES string of the molecule is CCCC=C(C)C(=O)NNC. The summed E-state index contributed by atoms with van der Waals surface area (Å²) < 4.78 is 0. The first-order valence-corrected chi connectivity index (χ1v) is 3.86. The van der Waals surface area contributed by atoms with E-state index in [-0.39, 0.29) is 5.91 Å². The molecular weight excluding hydrogens is 140 g/mol. The number of hydrazine groups is 1. The van der Waals surface area contributed by atoms with Crippen LogP contribution in [0.25, 0.3) is 0 Å². The number of carbonyl (C=O) groups excluding carboxylic acids is 1. The first-order chi connectivity index (χ1) is 5.22. The second kappa shape index (κ2) is 5.92.